The van der Waals surface area contributed by atoms with Crippen LogP contribution < -0.4 is 5.32 Å². The van der Waals surface area contributed by atoms with Crippen LogP contribution in [0.3, 0.4) is 0 Å². The lowest BCUT2D eigenvalue weighted by molar-refractivity contribution is 0.0740. The number of hydrogen-bond donors (Lipinski definition) is 1. The molecular weight excluding hydrogens is 153 g/mol. The minimum absolute atomic E-state index is 0. The van der Waals surface area contributed by atoms with Gasteiger partial charge >= 0.3 is 0 Å². The SMILES string of the molecule is Cl.FC1(CC2CC2)CNC1. The lowest BCUT2D eigenvalue weighted by Crippen LogP contribution is -2.56. The Morgan fingerprint density at radius 1 is 1.40 bits per heavy atom. The molecule has 1 nitrogen and oxygen atoms in total. The Morgan fingerprint density at radius 3 is 2.30 bits per heavy atom. The summed E-state index contributed by atoms with van der Waals surface area (Å²) in [7, 11) is 0. The average molecular weight is 166 g/mol. The number of hydrogen-bond acceptors (Lipinski definition) is 1. The summed E-state index contributed by atoms with van der Waals surface area (Å²) in [6, 6.07) is 0. The van der Waals surface area contributed by atoms with Crippen molar-refractivity contribution in [2.24, 2.45) is 5.92 Å². The fourth-order valence-corrected chi connectivity index (χ4v) is 1.38. The predicted molar refractivity (Wildman–Crippen MR) is 41.3 cm³/mol. The molecule has 2 rings (SSSR count). The average Bonchev–Trinajstić information content (AvgIpc) is 2.46. The molecular formula is C7H13ClFN. The second-order valence-corrected chi connectivity index (χ2v) is 3.40. The van der Waals surface area contributed by atoms with Gasteiger partial charge in [-0.05, 0) is 12.3 Å². The summed E-state index contributed by atoms with van der Waals surface area (Å²) in [6.07, 6.45) is 3.36. The molecule has 1 N–H and O–H groups in total. The molecule has 0 atom stereocenters. The third kappa shape index (κ3) is 1.61. The van der Waals surface area contributed by atoms with Crippen LogP contribution in [0.2, 0.25) is 0 Å². The highest BCUT2D eigenvalue weighted by Gasteiger charge is 2.41. The van der Waals surface area contributed by atoms with Crippen molar-refractivity contribution in [3.05, 3.63) is 0 Å². The highest BCUT2D eigenvalue weighted by Crippen LogP contribution is 2.39. The molecule has 0 spiro atoms. The first-order valence-electron chi connectivity index (χ1n) is 3.68. The van der Waals surface area contributed by atoms with Crippen molar-refractivity contribution in [2.45, 2.75) is 24.9 Å². The van der Waals surface area contributed by atoms with Gasteiger partial charge in [0.2, 0.25) is 0 Å². The van der Waals surface area contributed by atoms with Gasteiger partial charge in [0.25, 0.3) is 0 Å². The van der Waals surface area contributed by atoms with Gasteiger partial charge < -0.3 is 5.32 Å². The van der Waals surface area contributed by atoms with Gasteiger partial charge in [-0.15, -0.1) is 12.4 Å². The molecule has 0 amide bonds. The second-order valence-electron chi connectivity index (χ2n) is 3.40. The third-order valence-corrected chi connectivity index (χ3v) is 2.24. The highest BCUT2D eigenvalue weighted by molar-refractivity contribution is 5.85. The Bertz CT molecular complexity index is 121. The Labute approximate surface area is 66.8 Å². The van der Waals surface area contributed by atoms with Crippen LogP contribution in [0.25, 0.3) is 0 Å². The van der Waals surface area contributed by atoms with Gasteiger partial charge in [-0.25, -0.2) is 4.39 Å². The van der Waals surface area contributed by atoms with E-state index in [-0.39, 0.29) is 12.4 Å². The molecule has 3 heteroatoms. The molecule has 0 unspecified atom stereocenters. The maximum Gasteiger partial charge on any atom is 0.136 e. The van der Waals surface area contributed by atoms with Crippen LogP contribution in [0.4, 0.5) is 4.39 Å². The first-order valence-corrected chi connectivity index (χ1v) is 3.68. The van der Waals surface area contributed by atoms with Crippen LogP contribution in [0, 0.1) is 5.92 Å². The number of halogens is 2. The van der Waals surface area contributed by atoms with Crippen LogP contribution in [0.5, 0.6) is 0 Å². The van der Waals surface area contributed by atoms with Gasteiger partial charge in [0, 0.05) is 13.1 Å². The van der Waals surface area contributed by atoms with Crippen molar-refractivity contribution in [1.29, 1.82) is 0 Å². The third-order valence-electron chi connectivity index (χ3n) is 2.24. The smallest absolute Gasteiger partial charge is 0.136 e. The number of nitrogens with one attached hydrogen (secondary N) is 1. The van der Waals surface area contributed by atoms with Crippen LogP contribution in [0.1, 0.15) is 19.3 Å². The molecule has 1 saturated heterocycles. The van der Waals surface area contributed by atoms with E-state index in [2.05, 4.69) is 5.32 Å². The maximum atomic E-state index is 13.1. The molecule has 1 aliphatic carbocycles. The standard InChI is InChI=1S/C7H12FN.ClH/c8-7(4-9-5-7)3-6-1-2-6;/h6,9H,1-5H2;1H. The van der Waals surface area contributed by atoms with E-state index < -0.39 is 5.67 Å². The van der Waals surface area contributed by atoms with Crippen molar-refractivity contribution >= 4 is 12.4 Å². The quantitative estimate of drug-likeness (QED) is 0.655. The summed E-state index contributed by atoms with van der Waals surface area (Å²) in [5.74, 6) is 0.733. The largest absolute Gasteiger partial charge is 0.310 e. The van der Waals surface area contributed by atoms with Gasteiger partial charge in [-0.2, -0.15) is 0 Å². The van der Waals surface area contributed by atoms with Crippen molar-refractivity contribution in [2.75, 3.05) is 13.1 Å². The molecule has 2 fully saturated rings. The van der Waals surface area contributed by atoms with Crippen LogP contribution in [-0.2, 0) is 0 Å². The van der Waals surface area contributed by atoms with E-state index in [1.807, 2.05) is 0 Å². The first-order chi connectivity index (χ1) is 4.29. The van der Waals surface area contributed by atoms with E-state index in [4.69, 9.17) is 0 Å². The molecule has 2 aliphatic rings. The zero-order valence-electron chi connectivity index (χ0n) is 5.90. The lowest BCUT2D eigenvalue weighted by atomic mass is 9.93. The molecule has 1 aliphatic heterocycles. The minimum Gasteiger partial charge on any atom is -0.310 e. The molecule has 0 aromatic heterocycles. The van der Waals surface area contributed by atoms with E-state index in [0.29, 0.717) is 13.1 Å². The summed E-state index contributed by atoms with van der Waals surface area (Å²) in [5, 5.41) is 2.96. The van der Waals surface area contributed by atoms with E-state index >= 15 is 0 Å². The van der Waals surface area contributed by atoms with Gasteiger partial charge in [-0.1, -0.05) is 12.8 Å². The molecule has 1 heterocycles. The van der Waals surface area contributed by atoms with E-state index in [9.17, 15) is 4.39 Å². The summed E-state index contributed by atoms with van der Waals surface area (Å²) in [5.41, 5.74) is -0.804. The fourth-order valence-electron chi connectivity index (χ4n) is 1.38. The molecule has 1 saturated carbocycles. The van der Waals surface area contributed by atoms with Crippen molar-refractivity contribution in [3.63, 3.8) is 0 Å². The summed E-state index contributed by atoms with van der Waals surface area (Å²) < 4.78 is 13.1. The number of rotatable bonds is 2. The van der Waals surface area contributed by atoms with Gasteiger partial charge in [-0.3, -0.25) is 0 Å². The summed E-state index contributed by atoms with van der Waals surface area (Å²) >= 11 is 0. The van der Waals surface area contributed by atoms with Crippen molar-refractivity contribution < 1.29 is 4.39 Å². The van der Waals surface area contributed by atoms with Crippen LogP contribution >= 0.6 is 12.4 Å². The van der Waals surface area contributed by atoms with E-state index in [0.717, 1.165) is 12.3 Å². The van der Waals surface area contributed by atoms with Gasteiger partial charge in [0.05, 0.1) is 0 Å². The van der Waals surface area contributed by atoms with E-state index in [1.54, 1.807) is 0 Å². The maximum absolute atomic E-state index is 13.1. The number of alkyl halides is 1. The Kier molecular flexibility index (Phi) is 2.21. The Balaban J connectivity index is 0.000000500. The first kappa shape index (κ1) is 8.28. The molecule has 0 radical (unpaired) electrons. The highest BCUT2D eigenvalue weighted by atomic mass is 35.5. The Morgan fingerprint density at radius 2 is 2.00 bits per heavy atom. The van der Waals surface area contributed by atoms with Crippen molar-refractivity contribution in [3.8, 4) is 0 Å². The van der Waals surface area contributed by atoms with Crippen molar-refractivity contribution in [1.82, 2.24) is 5.32 Å². The minimum atomic E-state index is -0.804. The normalized spacial score (nSPS) is 28.5. The molecule has 0 aromatic carbocycles. The zero-order valence-corrected chi connectivity index (χ0v) is 6.72. The fraction of sp³-hybridized carbons (Fsp3) is 1.00. The Hall–Kier alpha value is 0.180. The van der Waals surface area contributed by atoms with Gasteiger partial charge in [0.15, 0.2) is 0 Å². The second kappa shape index (κ2) is 2.67. The molecule has 60 valence electrons. The van der Waals surface area contributed by atoms with Crippen LogP contribution in [-0.4, -0.2) is 18.8 Å². The predicted octanol–water partition coefficient (Wildman–Crippen LogP) is 1.52. The lowest BCUT2D eigenvalue weighted by Gasteiger charge is -2.34. The van der Waals surface area contributed by atoms with Gasteiger partial charge in [0.1, 0.15) is 5.67 Å². The topological polar surface area (TPSA) is 12.0 Å². The molecule has 0 bridgehead atoms. The van der Waals surface area contributed by atoms with E-state index in [1.165, 1.54) is 12.8 Å². The monoisotopic (exact) mass is 165 g/mol. The molecule has 10 heavy (non-hydrogen) atoms. The zero-order chi connectivity index (χ0) is 6.32. The van der Waals surface area contributed by atoms with Crippen LogP contribution in [0.15, 0.2) is 0 Å². The summed E-state index contributed by atoms with van der Waals surface area (Å²) in [4.78, 5) is 0. The molecule has 0 aromatic rings. The summed E-state index contributed by atoms with van der Waals surface area (Å²) in [6.45, 7) is 1.20.